The first-order valence-corrected chi connectivity index (χ1v) is 3.07. The highest BCUT2D eigenvalue weighted by atomic mass is 35.5. The Morgan fingerprint density at radius 3 is 2.75 bits per heavy atom. The SMILES string of the molecule is O=C1CCCC=C1Cl. The van der Waals surface area contributed by atoms with Crippen LogP contribution in [0.5, 0.6) is 0 Å². The van der Waals surface area contributed by atoms with Gasteiger partial charge in [-0.1, -0.05) is 17.7 Å². The van der Waals surface area contributed by atoms with E-state index >= 15 is 0 Å². The molecule has 0 N–H and O–H groups in total. The Labute approximate surface area is 53.3 Å². The van der Waals surface area contributed by atoms with Gasteiger partial charge in [0.15, 0.2) is 5.78 Å². The summed E-state index contributed by atoms with van der Waals surface area (Å²) in [5.74, 6) is 0.0953. The Kier molecular flexibility index (Phi) is 1.69. The van der Waals surface area contributed by atoms with Gasteiger partial charge < -0.3 is 0 Å². The van der Waals surface area contributed by atoms with Crippen molar-refractivity contribution in [2.75, 3.05) is 0 Å². The molecule has 0 fully saturated rings. The van der Waals surface area contributed by atoms with Crippen molar-refractivity contribution in [1.29, 1.82) is 0 Å². The van der Waals surface area contributed by atoms with Gasteiger partial charge in [-0.25, -0.2) is 0 Å². The van der Waals surface area contributed by atoms with E-state index in [4.69, 9.17) is 11.6 Å². The molecule has 0 bridgehead atoms. The van der Waals surface area contributed by atoms with Gasteiger partial charge in [0.1, 0.15) is 0 Å². The van der Waals surface area contributed by atoms with Crippen LogP contribution in [-0.2, 0) is 4.79 Å². The van der Waals surface area contributed by atoms with Crippen molar-refractivity contribution in [3.8, 4) is 0 Å². The highest BCUT2D eigenvalue weighted by Crippen LogP contribution is 2.16. The molecule has 0 aromatic carbocycles. The first-order valence-electron chi connectivity index (χ1n) is 2.69. The third-order valence-electron chi connectivity index (χ3n) is 1.20. The molecule has 0 aliphatic heterocycles. The molecule has 1 nitrogen and oxygen atoms in total. The van der Waals surface area contributed by atoms with Crippen LogP contribution in [0.2, 0.25) is 0 Å². The van der Waals surface area contributed by atoms with Crippen molar-refractivity contribution in [2.24, 2.45) is 0 Å². The molecule has 44 valence electrons. The molecule has 0 unspecified atom stereocenters. The van der Waals surface area contributed by atoms with Gasteiger partial charge in [0, 0.05) is 6.42 Å². The van der Waals surface area contributed by atoms with E-state index in [1.165, 1.54) is 0 Å². The predicted molar refractivity (Wildman–Crippen MR) is 32.8 cm³/mol. The summed E-state index contributed by atoms with van der Waals surface area (Å²) in [5, 5.41) is 0.427. The smallest absolute Gasteiger partial charge is 0.173 e. The highest BCUT2D eigenvalue weighted by Gasteiger charge is 2.09. The van der Waals surface area contributed by atoms with Crippen LogP contribution >= 0.6 is 11.6 Å². The summed E-state index contributed by atoms with van der Waals surface area (Å²) in [6, 6.07) is 0. The number of carbonyl (C=O) groups is 1. The summed E-state index contributed by atoms with van der Waals surface area (Å²) in [6.07, 6.45) is 4.35. The van der Waals surface area contributed by atoms with Crippen LogP contribution in [-0.4, -0.2) is 5.78 Å². The number of rotatable bonds is 0. The van der Waals surface area contributed by atoms with Crippen LogP contribution < -0.4 is 0 Å². The van der Waals surface area contributed by atoms with Gasteiger partial charge in [-0.2, -0.15) is 0 Å². The van der Waals surface area contributed by atoms with Gasteiger partial charge in [-0.15, -0.1) is 0 Å². The zero-order valence-corrected chi connectivity index (χ0v) is 5.24. The van der Waals surface area contributed by atoms with Crippen molar-refractivity contribution in [3.05, 3.63) is 11.1 Å². The molecule has 8 heavy (non-hydrogen) atoms. The van der Waals surface area contributed by atoms with E-state index in [2.05, 4.69) is 0 Å². The van der Waals surface area contributed by atoms with E-state index in [-0.39, 0.29) is 5.78 Å². The lowest BCUT2D eigenvalue weighted by Crippen LogP contribution is -2.01. The molecule has 0 aromatic heterocycles. The number of Topliss-reactive ketones (excluding diaryl/α,β-unsaturated/α-hetero) is 1. The lowest BCUT2D eigenvalue weighted by molar-refractivity contribution is -0.115. The zero-order valence-electron chi connectivity index (χ0n) is 4.48. The number of carbonyl (C=O) groups excluding carboxylic acids is 1. The standard InChI is InChI=1S/C6H7ClO/c7-5-3-1-2-4-6(5)8/h3H,1-2,4H2. The topological polar surface area (TPSA) is 17.1 Å². The molecule has 0 saturated carbocycles. The van der Waals surface area contributed by atoms with Crippen molar-refractivity contribution in [1.82, 2.24) is 0 Å². The largest absolute Gasteiger partial charge is 0.293 e. The van der Waals surface area contributed by atoms with E-state index < -0.39 is 0 Å². The molecular formula is C6H7ClO. The second kappa shape index (κ2) is 2.31. The second-order valence-corrected chi connectivity index (χ2v) is 2.27. The highest BCUT2D eigenvalue weighted by molar-refractivity contribution is 6.42. The van der Waals surface area contributed by atoms with E-state index in [1.54, 1.807) is 6.08 Å². The lowest BCUT2D eigenvalue weighted by Gasteiger charge is -2.02. The van der Waals surface area contributed by atoms with E-state index in [1.807, 2.05) is 0 Å². The summed E-state index contributed by atoms with van der Waals surface area (Å²) in [5.41, 5.74) is 0. The van der Waals surface area contributed by atoms with E-state index in [0.29, 0.717) is 11.5 Å². The minimum Gasteiger partial charge on any atom is -0.293 e. The van der Waals surface area contributed by atoms with Crippen LogP contribution in [0.3, 0.4) is 0 Å². The zero-order chi connectivity index (χ0) is 5.98. The molecule has 1 rings (SSSR count). The fourth-order valence-electron chi connectivity index (χ4n) is 0.725. The average Bonchev–Trinajstić information content (AvgIpc) is 1.77. The molecule has 0 radical (unpaired) electrons. The van der Waals surface area contributed by atoms with Gasteiger partial charge in [-0.05, 0) is 12.8 Å². The molecule has 0 heterocycles. The Morgan fingerprint density at radius 1 is 1.62 bits per heavy atom. The Balaban J connectivity index is 2.67. The van der Waals surface area contributed by atoms with Crippen LogP contribution in [0.1, 0.15) is 19.3 Å². The Morgan fingerprint density at radius 2 is 2.38 bits per heavy atom. The fraction of sp³-hybridized carbons (Fsp3) is 0.500. The van der Waals surface area contributed by atoms with Crippen LogP contribution in [0.25, 0.3) is 0 Å². The number of hydrogen-bond donors (Lipinski definition) is 0. The summed E-state index contributed by atoms with van der Waals surface area (Å²) < 4.78 is 0. The average molecular weight is 131 g/mol. The second-order valence-electron chi connectivity index (χ2n) is 1.87. The minimum atomic E-state index is 0.0953. The molecule has 0 atom stereocenters. The van der Waals surface area contributed by atoms with Gasteiger partial charge in [-0.3, -0.25) is 4.79 Å². The Bertz CT molecular complexity index is 137. The van der Waals surface area contributed by atoms with Crippen molar-refractivity contribution in [3.63, 3.8) is 0 Å². The first kappa shape index (κ1) is 5.83. The van der Waals surface area contributed by atoms with Gasteiger partial charge in [0.2, 0.25) is 0 Å². The summed E-state index contributed by atoms with van der Waals surface area (Å²) in [6.45, 7) is 0. The summed E-state index contributed by atoms with van der Waals surface area (Å²) in [7, 11) is 0. The fourth-order valence-corrected chi connectivity index (χ4v) is 0.928. The van der Waals surface area contributed by atoms with Gasteiger partial charge in [0.05, 0.1) is 5.03 Å². The predicted octanol–water partition coefficient (Wildman–Crippen LogP) is 1.86. The van der Waals surface area contributed by atoms with Crippen molar-refractivity contribution in [2.45, 2.75) is 19.3 Å². The van der Waals surface area contributed by atoms with Crippen LogP contribution in [0, 0.1) is 0 Å². The van der Waals surface area contributed by atoms with E-state index in [0.717, 1.165) is 12.8 Å². The van der Waals surface area contributed by atoms with Gasteiger partial charge in [0.25, 0.3) is 0 Å². The maximum absolute atomic E-state index is 10.6. The van der Waals surface area contributed by atoms with Crippen molar-refractivity contribution < 1.29 is 4.79 Å². The maximum Gasteiger partial charge on any atom is 0.173 e. The Hall–Kier alpha value is -0.300. The monoisotopic (exact) mass is 130 g/mol. The molecule has 0 saturated heterocycles. The van der Waals surface area contributed by atoms with E-state index in [9.17, 15) is 4.79 Å². The van der Waals surface area contributed by atoms with Crippen LogP contribution in [0.15, 0.2) is 11.1 Å². The maximum atomic E-state index is 10.6. The molecular weight excluding hydrogens is 124 g/mol. The molecule has 0 amide bonds. The molecule has 2 heteroatoms. The number of halogens is 1. The normalized spacial score (nSPS) is 20.6. The molecule has 1 aliphatic rings. The number of allylic oxidation sites excluding steroid dienone is 2. The van der Waals surface area contributed by atoms with Gasteiger partial charge >= 0.3 is 0 Å². The molecule has 0 aromatic rings. The third kappa shape index (κ3) is 1.10. The third-order valence-corrected chi connectivity index (χ3v) is 1.56. The molecule has 0 spiro atoms. The summed E-state index contributed by atoms with van der Waals surface area (Å²) >= 11 is 5.48. The summed E-state index contributed by atoms with van der Waals surface area (Å²) in [4.78, 5) is 10.6. The van der Waals surface area contributed by atoms with Crippen molar-refractivity contribution >= 4 is 17.4 Å². The van der Waals surface area contributed by atoms with Crippen LogP contribution in [0.4, 0.5) is 0 Å². The minimum absolute atomic E-state index is 0.0953. The first-order chi connectivity index (χ1) is 3.80. The quantitative estimate of drug-likeness (QED) is 0.489. The lowest BCUT2D eigenvalue weighted by atomic mass is 10.1. The number of hydrogen-bond acceptors (Lipinski definition) is 1. The number of ketones is 1. The molecule has 1 aliphatic carbocycles.